The molecule has 0 bridgehead atoms. The topological polar surface area (TPSA) is 50.4 Å². The maximum atomic E-state index is 11.7. The van der Waals surface area contributed by atoms with Gasteiger partial charge in [-0.05, 0) is 23.9 Å². The van der Waals surface area contributed by atoms with E-state index in [1.54, 1.807) is 0 Å². The zero-order valence-corrected chi connectivity index (χ0v) is 7.48. The van der Waals surface area contributed by atoms with Gasteiger partial charge in [0.2, 0.25) is 5.76 Å². The molecule has 0 spiro atoms. The summed E-state index contributed by atoms with van der Waals surface area (Å²) in [6.07, 6.45) is 0. The summed E-state index contributed by atoms with van der Waals surface area (Å²) in [6, 6.07) is 2.33. The molecule has 0 atom stereocenters. The highest BCUT2D eigenvalue weighted by Gasteiger charge is 2.28. The largest absolute Gasteiger partial charge is 0.475 e. The summed E-state index contributed by atoms with van der Waals surface area (Å²) in [7, 11) is 0. The number of rotatable bonds is 3. The summed E-state index contributed by atoms with van der Waals surface area (Å²) in [5.74, 6) is -2.09. The standard InChI is InChI=1S/C7H5F3O3S/c8-7(9,10)14-3-4-1-2-5(13-4)6(11)12/h1-2H,3H2,(H,11,12). The van der Waals surface area contributed by atoms with Crippen molar-refractivity contribution in [2.24, 2.45) is 0 Å². The molecule has 0 unspecified atom stereocenters. The van der Waals surface area contributed by atoms with Crippen LogP contribution in [0.25, 0.3) is 0 Å². The number of thioether (sulfide) groups is 1. The zero-order chi connectivity index (χ0) is 10.8. The minimum absolute atomic E-state index is 0.00951. The fourth-order valence-electron chi connectivity index (χ4n) is 0.723. The summed E-state index contributed by atoms with van der Waals surface area (Å²) in [4.78, 5) is 10.3. The van der Waals surface area contributed by atoms with E-state index in [-0.39, 0.29) is 23.3 Å². The number of carbonyl (C=O) groups is 1. The van der Waals surface area contributed by atoms with Gasteiger partial charge in [-0.3, -0.25) is 0 Å². The molecule has 0 saturated heterocycles. The Morgan fingerprint density at radius 2 is 2.14 bits per heavy atom. The third-order valence-corrected chi connectivity index (χ3v) is 2.01. The summed E-state index contributed by atoms with van der Waals surface area (Å²) >= 11 is -0.275. The van der Waals surface area contributed by atoms with Crippen LogP contribution in [-0.4, -0.2) is 16.6 Å². The van der Waals surface area contributed by atoms with Crippen LogP contribution in [0.4, 0.5) is 13.2 Å². The van der Waals surface area contributed by atoms with Crippen molar-refractivity contribution in [3.63, 3.8) is 0 Å². The molecule has 1 N–H and O–H groups in total. The number of carboxylic acid groups (broad SMARTS) is 1. The van der Waals surface area contributed by atoms with Crippen LogP contribution >= 0.6 is 11.8 Å². The molecule has 0 saturated carbocycles. The van der Waals surface area contributed by atoms with Crippen LogP contribution in [0.1, 0.15) is 16.3 Å². The molecule has 0 aliphatic rings. The van der Waals surface area contributed by atoms with E-state index in [9.17, 15) is 18.0 Å². The lowest BCUT2D eigenvalue weighted by molar-refractivity contribution is -0.0330. The highest BCUT2D eigenvalue weighted by atomic mass is 32.2. The molecule has 1 heterocycles. The Labute approximate surface area is 80.9 Å². The van der Waals surface area contributed by atoms with Crippen molar-refractivity contribution >= 4 is 17.7 Å². The van der Waals surface area contributed by atoms with Gasteiger partial charge in [0, 0.05) is 0 Å². The smallest absolute Gasteiger partial charge is 0.442 e. The molecule has 78 valence electrons. The van der Waals surface area contributed by atoms with Crippen LogP contribution < -0.4 is 0 Å². The van der Waals surface area contributed by atoms with Crippen LogP contribution in [0.15, 0.2) is 16.5 Å². The Morgan fingerprint density at radius 1 is 1.50 bits per heavy atom. The minimum atomic E-state index is -4.34. The van der Waals surface area contributed by atoms with Crippen LogP contribution in [0.3, 0.4) is 0 Å². The van der Waals surface area contributed by atoms with E-state index in [0.717, 1.165) is 6.07 Å². The van der Waals surface area contributed by atoms with E-state index in [2.05, 4.69) is 4.42 Å². The van der Waals surface area contributed by atoms with Crippen molar-refractivity contribution in [3.05, 3.63) is 23.7 Å². The van der Waals surface area contributed by atoms with E-state index in [0.29, 0.717) is 0 Å². The van der Waals surface area contributed by atoms with Gasteiger partial charge in [-0.1, -0.05) is 0 Å². The second kappa shape index (κ2) is 3.95. The lowest BCUT2D eigenvalue weighted by atomic mass is 10.4. The number of alkyl halides is 3. The number of hydrogen-bond acceptors (Lipinski definition) is 3. The second-order valence-corrected chi connectivity index (χ2v) is 3.35. The number of hydrogen-bond donors (Lipinski definition) is 1. The van der Waals surface area contributed by atoms with Gasteiger partial charge in [0.25, 0.3) is 0 Å². The van der Waals surface area contributed by atoms with Crippen molar-refractivity contribution in [1.29, 1.82) is 0 Å². The summed E-state index contributed by atoms with van der Waals surface area (Å²) < 4.78 is 39.8. The summed E-state index contributed by atoms with van der Waals surface area (Å²) in [6.45, 7) is 0. The van der Waals surface area contributed by atoms with Gasteiger partial charge in [-0.25, -0.2) is 4.79 Å². The first-order chi connectivity index (χ1) is 6.38. The third kappa shape index (κ3) is 3.33. The highest BCUT2D eigenvalue weighted by molar-refractivity contribution is 7.99. The quantitative estimate of drug-likeness (QED) is 0.860. The van der Waals surface area contributed by atoms with Crippen molar-refractivity contribution in [3.8, 4) is 0 Å². The molecule has 0 aliphatic heterocycles. The molecule has 0 amide bonds. The molecule has 7 heteroatoms. The molecule has 1 aromatic heterocycles. The minimum Gasteiger partial charge on any atom is -0.475 e. The van der Waals surface area contributed by atoms with E-state index in [1.807, 2.05) is 0 Å². The Morgan fingerprint density at radius 3 is 2.57 bits per heavy atom. The Balaban J connectivity index is 2.56. The normalized spacial score (nSPS) is 11.6. The predicted octanol–water partition coefficient (Wildman–Crippen LogP) is 2.73. The van der Waals surface area contributed by atoms with Gasteiger partial charge in [-0.15, -0.1) is 0 Å². The Hall–Kier alpha value is -1.11. The van der Waals surface area contributed by atoms with Crippen molar-refractivity contribution in [2.45, 2.75) is 11.3 Å². The van der Waals surface area contributed by atoms with Crippen LogP contribution in [-0.2, 0) is 5.75 Å². The Kier molecular flexibility index (Phi) is 3.10. The van der Waals surface area contributed by atoms with E-state index in [4.69, 9.17) is 5.11 Å². The van der Waals surface area contributed by atoms with Gasteiger partial charge < -0.3 is 9.52 Å². The average molecular weight is 226 g/mol. The van der Waals surface area contributed by atoms with Gasteiger partial charge in [-0.2, -0.15) is 13.2 Å². The molecule has 3 nitrogen and oxygen atoms in total. The van der Waals surface area contributed by atoms with Crippen LogP contribution in [0.5, 0.6) is 0 Å². The first-order valence-corrected chi connectivity index (χ1v) is 4.40. The fraction of sp³-hybridized carbons (Fsp3) is 0.286. The fourth-order valence-corrected chi connectivity index (χ4v) is 1.18. The van der Waals surface area contributed by atoms with E-state index >= 15 is 0 Å². The molecule has 1 aromatic rings. The van der Waals surface area contributed by atoms with Crippen LogP contribution in [0, 0.1) is 0 Å². The average Bonchev–Trinajstić information content (AvgIpc) is 2.47. The van der Waals surface area contributed by atoms with Crippen molar-refractivity contribution in [1.82, 2.24) is 0 Å². The lowest BCUT2D eigenvalue weighted by Crippen LogP contribution is -1.99. The van der Waals surface area contributed by atoms with Crippen LogP contribution in [0.2, 0.25) is 0 Å². The molecule has 14 heavy (non-hydrogen) atoms. The van der Waals surface area contributed by atoms with Gasteiger partial charge >= 0.3 is 11.5 Å². The third-order valence-electron chi connectivity index (χ3n) is 1.25. The Bertz CT molecular complexity index is 331. The van der Waals surface area contributed by atoms with Crippen molar-refractivity contribution < 1.29 is 27.5 Å². The van der Waals surface area contributed by atoms with Gasteiger partial charge in [0.15, 0.2) is 0 Å². The molecular weight excluding hydrogens is 221 g/mol. The summed E-state index contributed by atoms with van der Waals surface area (Å²) in [5, 5.41) is 8.40. The van der Waals surface area contributed by atoms with Crippen molar-refractivity contribution in [2.75, 3.05) is 0 Å². The molecule has 0 fully saturated rings. The highest BCUT2D eigenvalue weighted by Crippen LogP contribution is 2.33. The van der Waals surface area contributed by atoms with Gasteiger partial charge in [0.1, 0.15) is 5.76 Å². The maximum absolute atomic E-state index is 11.7. The van der Waals surface area contributed by atoms with E-state index in [1.165, 1.54) is 6.07 Å². The number of carboxylic acids is 1. The van der Waals surface area contributed by atoms with E-state index < -0.39 is 17.2 Å². The first-order valence-electron chi connectivity index (χ1n) is 3.41. The second-order valence-electron chi connectivity index (χ2n) is 2.31. The maximum Gasteiger partial charge on any atom is 0.442 e. The lowest BCUT2D eigenvalue weighted by Gasteiger charge is -2.02. The zero-order valence-electron chi connectivity index (χ0n) is 6.67. The molecule has 0 aliphatic carbocycles. The monoisotopic (exact) mass is 226 g/mol. The predicted molar refractivity (Wildman–Crippen MR) is 43.0 cm³/mol. The van der Waals surface area contributed by atoms with Gasteiger partial charge in [0.05, 0.1) is 5.75 Å². The molecule has 0 aromatic carbocycles. The SMILES string of the molecule is O=C(O)c1ccc(CSC(F)(F)F)o1. The number of aromatic carboxylic acids is 1. The molecular formula is C7H5F3O3S. The first kappa shape index (κ1) is 11.0. The number of furan rings is 1. The number of halogens is 3. The molecule has 1 rings (SSSR count). The summed E-state index contributed by atoms with van der Waals surface area (Å²) in [5.41, 5.74) is -4.34. The molecule has 0 radical (unpaired) electrons.